The molecule has 0 aromatic rings. The van der Waals surface area contributed by atoms with Crippen LogP contribution in [0.2, 0.25) is 0 Å². The molecule has 4 aliphatic carbocycles. The lowest BCUT2D eigenvalue weighted by atomic mass is 9.76. The average Bonchev–Trinajstić information content (AvgIpc) is 2.83. The summed E-state index contributed by atoms with van der Waals surface area (Å²) in [5.41, 5.74) is 5.26. The monoisotopic (exact) mass is 272 g/mol. The van der Waals surface area contributed by atoms with Gasteiger partial charge in [-0.1, -0.05) is 59.7 Å². The van der Waals surface area contributed by atoms with E-state index >= 15 is 0 Å². The minimum Gasteiger partial charge on any atom is -0.0827 e. The quantitative estimate of drug-likeness (QED) is 0.587. The van der Waals surface area contributed by atoms with Gasteiger partial charge in [0, 0.05) is 0 Å². The first-order valence-electron chi connectivity index (χ1n) is 5.99. The molecule has 0 spiro atoms. The average molecular weight is 273 g/mol. The SMILES string of the molecule is ClC1=C(Cl)C=C2C3=C4CC=CC=C4C2(C=C1)C=C3. The lowest BCUT2D eigenvalue weighted by molar-refractivity contribution is 0.759. The maximum absolute atomic E-state index is 6.23. The summed E-state index contributed by atoms with van der Waals surface area (Å²) in [4.78, 5) is 0. The van der Waals surface area contributed by atoms with Gasteiger partial charge in [-0.3, -0.25) is 0 Å². The Hall–Kier alpha value is -1.24. The summed E-state index contributed by atoms with van der Waals surface area (Å²) in [5, 5.41) is 1.24. The van der Waals surface area contributed by atoms with Crippen molar-refractivity contribution in [2.75, 3.05) is 0 Å². The molecule has 0 heterocycles. The van der Waals surface area contributed by atoms with Crippen LogP contribution < -0.4 is 0 Å². The van der Waals surface area contributed by atoms with Crippen LogP contribution >= 0.6 is 23.2 Å². The fourth-order valence-corrected chi connectivity index (χ4v) is 3.52. The Bertz CT molecular complexity index is 678. The molecule has 4 aliphatic rings. The van der Waals surface area contributed by atoms with Gasteiger partial charge < -0.3 is 0 Å². The molecular weight excluding hydrogens is 263 g/mol. The van der Waals surface area contributed by atoms with Crippen LogP contribution in [0.15, 0.2) is 81.0 Å². The van der Waals surface area contributed by atoms with Gasteiger partial charge in [0.1, 0.15) is 0 Å². The molecule has 0 N–H and O–H groups in total. The second-order valence-corrected chi connectivity index (χ2v) is 5.71. The Morgan fingerprint density at radius 2 is 1.83 bits per heavy atom. The molecule has 1 atom stereocenters. The highest BCUT2D eigenvalue weighted by atomic mass is 35.5. The zero-order chi connectivity index (χ0) is 12.3. The lowest BCUT2D eigenvalue weighted by Gasteiger charge is -2.26. The summed E-state index contributed by atoms with van der Waals surface area (Å²) < 4.78 is 0. The van der Waals surface area contributed by atoms with Crippen molar-refractivity contribution in [1.82, 2.24) is 0 Å². The van der Waals surface area contributed by atoms with Crippen molar-refractivity contribution in [3.05, 3.63) is 81.0 Å². The number of allylic oxidation sites excluding steroid dienone is 14. The summed E-state index contributed by atoms with van der Waals surface area (Å²) in [7, 11) is 0. The van der Waals surface area contributed by atoms with E-state index in [2.05, 4.69) is 36.5 Å². The molecule has 0 fully saturated rings. The molecule has 1 unspecified atom stereocenters. The Morgan fingerprint density at radius 3 is 2.72 bits per heavy atom. The van der Waals surface area contributed by atoms with Gasteiger partial charge >= 0.3 is 0 Å². The third kappa shape index (κ3) is 1.13. The molecule has 0 aromatic carbocycles. The van der Waals surface area contributed by atoms with E-state index in [1.54, 1.807) is 0 Å². The number of hydrogen-bond acceptors (Lipinski definition) is 0. The largest absolute Gasteiger partial charge is 0.0827 e. The Labute approximate surface area is 116 Å². The topological polar surface area (TPSA) is 0 Å². The molecule has 2 heteroatoms. The first-order valence-corrected chi connectivity index (χ1v) is 6.75. The van der Waals surface area contributed by atoms with Gasteiger partial charge in [-0.15, -0.1) is 0 Å². The van der Waals surface area contributed by atoms with Crippen LogP contribution in [-0.4, -0.2) is 0 Å². The highest BCUT2D eigenvalue weighted by Gasteiger charge is 2.47. The first-order chi connectivity index (χ1) is 8.72. The molecule has 2 bridgehead atoms. The third-order valence-electron chi connectivity index (χ3n) is 4.06. The van der Waals surface area contributed by atoms with Crippen LogP contribution in [0.5, 0.6) is 0 Å². The summed E-state index contributed by atoms with van der Waals surface area (Å²) in [5.74, 6) is 0. The van der Waals surface area contributed by atoms with E-state index in [1.165, 1.54) is 22.3 Å². The van der Waals surface area contributed by atoms with E-state index in [0.717, 1.165) is 6.42 Å². The van der Waals surface area contributed by atoms with Gasteiger partial charge in [-0.25, -0.2) is 0 Å². The predicted octanol–water partition coefficient (Wildman–Crippen LogP) is 4.92. The number of halogens is 2. The molecule has 0 nitrogen and oxygen atoms in total. The second kappa shape index (κ2) is 3.40. The molecule has 88 valence electrons. The normalized spacial score (nSPS) is 31.4. The molecule has 18 heavy (non-hydrogen) atoms. The van der Waals surface area contributed by atoms with Gasteiger partial charge in [-0.2, -0.15) is 0 Å². The molecule has 0 saturated carbocycles. The van der Waals surface area contributed by atoms with E-state index in [4.69, 9.17) is 23.2 Å². The lowest BCUT2D eigenvalue weighted by Crippen LogP contribution is -2.15. The molecule has 0 amide bonds. The van der Waals surface area contributed by atoms with Crippen molar-refractivity contribution >= 4 is 23.2 Å². The van der Waals surface area contributed by atoms with Crippen LogP contribution in [0.4, 0.5) is 0 Å². The van der Waals surface area contributed by atoms with E-state index in [-0.39, 0.29) is 5.41 Å². The standard InChI is InChI=1S/C16H10Cl2/c17-14-6-8-16-7-5-11(13(16)9-15(14)18)10-3-1-2-4-12(10)16/h1-2,4-9H,3H2. The molecule has 0 aromatic heterocycles. The second-order valence-electron chi connectivity index (χ2n) is 4.89. The Kier molecular flexibility index (Phi) is 2.02. The van der Waals surface area contributed by atoms with Crippen molar-refractivity contribution in [3.63, 3.8) is 0 Å². The van der Waals surface area contributed by atoms with Gasteiger partial charge in [0.2, 0.25) is 0 Å². The van der Waals surface area contributed by atoms with E-state index < -0.39 is 0 Å². The summed E-state index contributed by atoms with van der Waals surface area (Å²) >= 11 is 12.4. The van der Waals surface area contributed by atoms with Crippen molar-refractivity contribution < 1.29 is 0 Å². The fourth-order valence-electron chi connectivity index (χ4n) is 3.23. The zero-order valence-electron chi connectivity index (χ0n) is 9.58. The molecule has 0 radical (unpaired) electrons. The van der Waals surface area contributed by atoms with Crippen molar-refractivity contribution in [2.24, 2.45) is 5.41 Å². The number of hydrogen-bond donors (Lipinski definition) is 0. The zero-order valence-corrected chi connectivity index (χ0v) is 11.1. The Morgan fingerprint density at radius 1 is 1.00 bits per heavy atom. The van der Waals surface area contributed by atoms with Gasteiger partial charge in [0.15, 0.2) is 0 Å². The van der Waals surface area contributed by atoms with Gasteiger partial charge in [-0.05, 0) is 40.9 Å². The van der Waals surface area contributed by atoms with Crippen LogP contribution in [-0.2, 0) is 0 Å². The number of rotatable bonds is 0. The molecule has 0 saturated heterocycles. The molecule has 4 rings (SSSR count). The number of fused-ring (bicyclic) bond motifs is 1. The smallest absolute Gasteiger partial charge is 0.0595 e. The van der Waals surface area contributed by atoms with Crippen molar-refractivity contribution in [3.8, 4) is 0 Å². The van der Waals surface area contributed by atoms with Crippen LogP contribution in [0, 0.1) is 5.41 Å². The fraction of sp³-hybridized carbons (Fsp3) is 0.125. The van der Waals surface area contributed by atoms with E-state index in [0.29, 0.717) is 10.1 Å². The summed E-state index contributed by atoms with van der Waals surface area (Å²) in [6.07, 6.45) is 18.1. The highest BCUT2D eigenvalue weighted by Crippen LogP contribution is 2.60. The van der Waals surface area contributed by atoms with E-state index in [1.807, 2.05) is 12.2 Å². The summed E-state index contributed by atoms with van der Waals surface area (Å²) in [6.45, 7) is 0. The molecule has 0 aliphatic heterocycles. The van der Waals surface area contributed by atoms with E-state index in [9.17, 15) is 0 Å². The maximum Gasteiger partial charge on any atom is 0.0595 e. The minimum absolute atomic E-state index is 0.133. The highest BCUT2D eigenvalue weighted by molar-refractivity contribution is 6.41. The van der Waals surface area contributed by atoms with Crippen molar-refractivity contribution in [1.29, 1.82) is 0 Å². The predicted molar refractivity (Wildman–Crippen MR) is 76.4 cm³/mol. The first kappa shape index (κ1) is 10.7. The minimum atomic E-state index is -0.133. The molecular formula is C16H10Cl2. The van der Waals surface area contributed by atoms with Crippen molar-refractivity contribution in [2.45, 2.75) is 6.42 Å². The maximum atomic E-state index is 6.23. The van der Waals surface area contributed by atoms with Crippen LogP contribution in [0.3, 0.4) is 0 Å². The summed E-state index contributed by atoms with van der Waals surface area (Å²) in [6, 6.07) is 0. The van der Waals surface area contributed by atoms with Crippen LogP contribution in [0.25, 0.3) is 0 Å². The third-order valence-corrected chi connectivity index (χ3v) is 4.80. The van der Waals surface area contributed by atoms with Gasteiger partial charge in [0.05, 0.1) is 15.5 Å². The van der Waals surface area contributed by atoms with Crippen LogP contribution in [0.1, 0.15) is 6.42 Å². The van der Waals surface area contributed by atoms with Gasteiger partial charge in [0.25, 0.3) is 0 Å². The Balaban J connectivity index is 2.05.